The van der Waals surface area contributed by atoms with E-state index in [1.807, 2.05) is 6.92 Å². The lowest BCUT2D eigenvalue weighted by Crippen LogP contribution is -2.29. The number of nitrogens with zero attached hydrogens (tertiary/aromatic N) is 1. The van der Waals surface area contributed by atoms with E-state index in [-0.39, 0.29) is 0 Å². The van der Waals surface area contributed by atoms with Crippen LogP contribution in [-0.4, -0.2) is 30.3 Å². The molecule has 2 atom stereocenters. The van der Waals surface area contributed by atoms with Crippen molar-refractivity contribution in [1.29, 1.82) is 0 Å². The molecule has 4 heteroatoms. The van der Waals surface area contributed by atoms with Gasteiger partial charge in [-0.25, -0.2) is 0 Å². The Morgan fingerprint density at radius 3 is 2.79 bits per heavy atom. The highest BCUT2D eigenvalue weighted by Crippen LogP contribution is 2.31. The lowest BCUT2D eigenvalue weighted by molar-refractivity contribution is 0.0839. The van der Waals surface area contributed by atoms with Gasteiger partial charge < -0.3 is 15.3 Å². The van der Waals surface area contributed by atoms with E-state index in [0.717, 1.165) is 24.0 Å². The molecule has 106 valence electrons. The van der Waals surface area contributed by atoms with Gasteiger partial charge >= 0.3 is 0 Å². The Kier molecular flexibility index (Phi) is 4.54. The molecular formula is C15H23BrN2O. The quantitative estimate of drug-likeness (QED) is 0.892. The Hall–Kier alpha value is -0.580. The van der Waals surface area contributed by atoms with Crippen LogP contribution >= 0.6 is 15.9 Å². The maximum Gasteiger partial charge on any atom is 0.0810 e. The van der Waals surface area contributed by atoms with Gasteiger partial charge in [0.2, 0.25) is 0 Å². The second kappa shape index (κ2) is 5.81. The Morgan fingerprint density at radius 2 is 2.26 bits per heavy atom. The molecule has 2 unspecified atom stereocenters. The fraction of sp³-hybridized carbons (Fsp3) is 0.600. The first kappa shape index (κ1) is 14.8. The molecule has 1 aliphatic heterocycles. The average Bonchev–Trinajstić information content (AvgIpc) is 2.70. The summed E-state index contributed by atoms with van der Waals surface area (Å²) in [5.41, 5.74) is 1.90. The van der Waals surface area contributed by atoms with E-state index >= 15 is 0 Å². The third-order valence-corrected chi connectivity index (χ3v) is 4.46. The molecule has 2 rings (SSSR count). The van der Waals surface area contributed by atoms with Gasteiger partial charge in [0.05, 0.1) is 5.60 Å². The highest BCUT2D eigenvalue weighted by atomic mass is 79.9. The van der Waals surface area contributed by atoms with Crippen LogP contribution in [0.5, 0.6) is 0 Å². The molecule has 1 aromatic carbocycles. The number of hydrogen-bond acceptors (Lipinski definition) is 3. The molecule has 1 aliphatic rings. The van der Waals surface area contributed by atoms with Crippen molar-refractivity contribution in [3.05, 3.63) is 28.2 Å². The largest absolute Gasteiger partial charge is 0.388 e. The van der Waals surface area contributed by atoms with Gasteiger partial charge in [-0.3, -0.25) is 0 Å². The van der Waals surface area contributed by atoms with Crippen LogP contribution in [0.2, 0.25) is 0 Å². The normalized spacial score (nSPS) is 24.8. The molecule has 0 amide bonds. The van der Waals surface area contributed by atoms with Crippen molar-refractivity contribution >= 4 is 21.6 Å². The number of aliphatic hydroxyl groups is 1. The van der Waals surface area contributed by atoms with Gasteiger partial charge in [0, 0.05) is 29.3 Å². The van der Waals surface area contributed by atoms with Crippen LogP contribution in [0.15, 0.2) is 22.7 Å². The van der Waals surface area contributed by atoms with Crippen LogP contribution in [0.4, 0.5) is 5.69 Å². The summed E-state index contributed by atoms with van der Waals surface area (Å²) in [6, 6.07) is 6.81. The molecule has 0 aromatic heterocycles. The maximum absolute atomic E-state index is 10.0. The first-order valence-electron chi connectivity index (χ1n) is 6.93. The number of halogens is 1. The van der Waals surface area contributed by atoms with Gasteiger partial charge in [-0.05, 0) is 44.5 Å². The molecule has 1 saturated heterocycles. The summed E-state index contributed by atoms with van der Waals surface area (Å²) in [6.45, 7) is 8.78. The van der Waals surface area contributed by atoms with Crippen molar-refractivity contribution in [2.45, 2.75) is 38.8 Å². The molecule has 0 spiro atoms. The maximum atomic E-state index is 10.0. The minimum absolute atomic E-state index is 0.343. The average molecular weight is 327 g/mol. The van der Waals surface area contributed by atoms with E-state index in [0.29, 0.717) is 12.6 Å². The number of rotatable bonds is 4. The Labute approximate surface area is 124 Å². The molecule has 0 radical (unpaired) electrons. The number of anilines is 1. The van der Waals surface area contributed by atoms with E-state index in [1.54, 1.807) is 0 Å². The first-order chi connectivity index (χ1) is 8.93. The number of β-amino-alcohol motifs (C(OH)–C–C–N with tert-alkyl or cyclic N) is 1. The zero-order valence-electron chi connectivity index (χ0n) is 11.9. The third-order valence-electron chi connectivity index (χ3n) is 3.78. The van der Waals surface area contributed by atoms with E-state index in [2.05, 4.69) is 58.2 Å². The van der Waals surface area contributed by atoms with E-state index in [1.165, 1.54) is 11.3 Å². The monoisotopic (exact) mass is 326 g/mol. The summed E-state index contributed by atoms with van der Waals surface area (Å²) in [4.78, 5) is 2.24. The van der Waals surface area contributed by atoms with Crippen LogP contribution in [0.25, 0.3) is 0 Å². The van der Waals surface area contributed by atoms with Gasteiger partial charge in [0.15, 0.2) is 0 Å². The van der Waals surface area contributed by atoms with Gasteiger partial charge in [0.1, 0.15) is 0 Å². The van der Waals surface area contributed by atoms with Crippen molar-refractivity contribution in [1.82, 2.24) is 5.32 Å². The zero-order chi connectivity index (χ0) is 14.0. The second-order valence-corrected chi connectivity index (χ2v) is 6.51. The summed E-state index contributed by atoms with van der Waals surface area (Å²) < 4.78 is 1.13. The van der Waals surface area contributed by atoms with E-state index < -0.39 is 5.60 Å². The molecule has 0 bridgehead atoms. The summed E-state index contributed by atoms with van der Waals surface area (Å²) in [5, 5.41) is 13.5. The fourth-order valence-corrected chi connectivity index (χ4v) is 3.36. The molecule has 1 fully saturated rings. The summed E-state index contributed by atoms with van der Waals surface area (Å²) >= 11 is 3.66. The van der Waals surface area contributed by atoms with Crippen LogP contribution in [0.1, 0.15) is 38.8 Å². The molecule has 0 aliphatic carbocycles. The topological polar surface area (TPSA) is 35.5 Å². The molecule has 2 N–H and O–H groups in total. The minimum Gasteiger partial charge on any atom is -0.388 e. The molecule has 0 saturated carbocycles. The number of hydrogen-bond donors (Lipinski definition) is 2. The Morgan fingerprint density at radius 1 is 1.53 bits per heavy atom. The predicted octanol–water partition coefficient (Wildman–Crippen LogP) is 3.08. The van der Waals surface area contributed by atoms with Gasteiger partial charge in [-0.2, -0.15) is 0 Å². The van der Waals surface area contributed by atoms with E-state index in [9.17, 15) is 5.11 Å². The van der Waals surface area contributed by atoms with Crippen molar-refractivity contribution in [2.75, 3.05) is 24.5 Å². The van der Waals surface area contributed by atoms with Crippen LogP contribution in [-0.2, 0) is 0 Å². The van der Waals surface area contributed by atoms with Gasteiger partial charge in [-0.1, -0.05) is 28.9 Å². The number of nitrogens with one attached hydrogen (secondary N) is 1. The van der Waals surface area contributed by atoms with Crippen LogP contribution in [0.3, 0.4) is 0 Å². The molecule has 3 nitrogen and oxygen atoms in total. The second-order valence-electron chi connectivity index (χ2n) is 5.65. The van der Waals surface area contributed by atoms with Gasteiger partial charge in [0.25, 0.3) is 0 Å². The van der Waals surface area contributed by atoms with E-state index in [4.69, 9.17) is 0 Å². The predicted molar refractivity (Wildman–Crippen MR) is 83.7 cm³/mol. The fourth-order valence-electron chi connectivity index (χ4n) is 2.65. The number of benzene rings is 1. The van der Waals surface area contributed by atoms with Crippen LogP contribution < -0.4 is 10.2 Å². The Balaban J connectivity index is 2.15. The molecule has 1 aromatic rings. The van der Waals surface area contributed by atoms with Gasteiger partial charge in [-0.15, -0.1) is 0 Å². The first-order valence-corrected chi connectivity index (χ1v) is 7.72. The zero-order valence-corrected chi connectivity index (χ0v) is 13.5. The summed E-state index contributed by atoms with van der Waals surface area (Å²) in [6.07, 6.45) is 0.833. The minimum atomic E-state index is -0.553. The Bertz CT molecular complexity index is 448. The molecule has 19 heavy (non-hydrogen) atoms. The van der Waals surface area contributed by atoms with Crippen molar-refractivity contribution in [3.63, 3.8) is 0 Å². The standard InChI is InChI=1S/C15H23BrN2O/c1-4-17-11(2)13-6-5-12(9-14(13)16)18-8-7-15(3,19)10-18/h5-6,9,11,17,19H,4,7-8,10H2,1-3H3. The summed E-state index contributed by atoms with van der Waals surface area (Å²) in [7, 11) is 0. The van der Waals surface area contributed by atoms with Crippen molar-refractivity contribution in [2.24, 2.45) is 0 Å². The summed E-state index contributed by atoms with van der Waals surface area (Å²) in [5.74, 6) is 0. The SMILES string of the molecule is CCNC(C)c1ccc(N2CCC(C)(O)C2)cc1Br. The molecule has 1 heterocycles. The smallest absolute Gasteiger partial charge is 0.0810 e. The van der Waals surface area contributed by atoms with Crippen LogP contribution in [0, 0.1) is 0 Å². The van der Waals surface area contributed by atoms with Crippen molar-refractivity contribution in [3.8, 4) is 0 Å². The highest BCUT2D eigenvalue weighted by molar-refractivity contribution is 9.10. The molecular weight excluding hydrogens is 304 g/mol. The lowest BCUT2D eigenvalue weighted by atomic mass is 10.1. The van der Waals surface area contributed by atoms with Crippen molar-refractivity contribution < 1.29 is 5.11 Å². The third kappa shape index (κ3) is 3.50. The lowest BCUT2D eigenvalue weighted by Gasteiger charge is -2.22. The highest BCUT2D eigenvalue weighted by Gasteiger charge is 2.31.